The Morgan fingerprint density at radius 1 is 1.14 bits per heavy atom. The molecule has 0 bridgehead atoms. The number of methoxy groups -OCH3 is 1. The summed E-state index contributed by atoms with van der Waals surface area (Å²) in [4.78, 5) is 14.4. The Labute approximate surface area is 174 Å². The van der Waals surface area contributed by atoms with E-state index in [4.69, 9.17) is 9.15 Å². The van der Waals surface area contributed by atoms with Gasteiger partial charge in [0.2, 0.25) is 11.8 Å². The van der Waals surface area contributed by atoms with Gasteiger partial charge in [0.15, 0.2) is 0 Å². The average molecular weight is 413 g/mol. The van der Waals surface area contributed by atoms with Crippen molar-refractivity contribution < 1.29 is 13.9 Å². The monoisotopic (exact) mass is 412 g/mol. The van der Waals surface area contributed by atoms with Crippen molar-refractivity contribution in [2.24, 2.45) is 0 Å². The molecule has 2 aromatic carbocycles. The number of ether oxygens (including phenoxy) is 1. The number of nitrogens with one attached hydrogen (secondary N) is 1. The molecule has 1 N–H and O–H groups in total. The fraction of sp³-hybridized carbons (Fsp3) is 0.286. The molecule has 1 unspecified atom stereocenters. The van der Waals surface area contributed by atoms with Crippen LogP contribution in [0.1, 0.15) is 11.6 Å². The van der Waals surface area contributed by atoms with Crippen molar-refractivity contribution in [1.82, 2.24) is 20.4 Å². The molecule has 1 atom stereocenters. The Morgan fingerprint density at radius 3 is 2.52 bits per heavy atom. The lowest BCUT2D eigenvalue weighted by atomic mass is 10.1. The molecule has 0 radical (unpaired) electrons. The normalized spacial score (nSPS) is 12.0. The first-order valence-corrected chi connectivity index (χ1v) is 10.1. The van der Waals surface area contributed by atoms with Gasteiger partial charge in [-0.3, -0.25) is 4.79 Å². The van der Waals surface area contributed by atoms with Crippen LogP contribution in [0, 0.1) is 0 Å². The lowest BCUT2D eigenvalue weighted by molar-refractivity contribution is -0.118. The molecule has 1 amide bonds. The molecule has 0 fully saturated rings. The van der Waals surface area contributed by atoms with Crippen LogP contribution in [0.5, 0.6) is 5.75 Å². The van der Waals surface area contributed by atoms with Gasteiger partial charge in [-0.05, 0) is 43.9 Å². The molecular weight excluding hydrogens is 388 g/mol. The lowest BCUT2D eigenvalue weighted by Crippen LogP contribution is -2.35. The summed E-state index contributed by atoms with van der Waals surface area (Å²) in [6, 6.07) is 17.6. The van der Waals surface area contributed by atoms with Gasteiger partial charge >= 0.3 is 0 Å². The predicted octanol–water partition coefficient (Wildman–Crippen LogP) is 3.26. The molecule has 3 aromatic rings. The van der Waals surface area contributed by atoms with Crippen LogP contribution in [0.25, 0.3) is 11.5 Å². The van der Waals surface area contributed by atoms with E-state index in [1.54, 1.807) is 7.11 Å². The van der Waals surface area contributed by atoms with Gasteiger partial charge in [-0.2, -0.15) is 0 Å². The van der Waals surface area contributed by atoms with E-state index in [1.807, 2.05) is 56.6 Å². The average Bonchev–Trinajstić information content (AvgIpc) is 3.22. The van der Waals surface area contributed by atoms with Crippen molar-refractivity contribution in [2.75, 3.05) is 33.5 Å². The van der Waals surface area contributed by atoms with Gasteiger partial charge in [-0.15, -0.1) is 10.2 Å². The summed E-state index contributed by atoms with van der Waals surface area (Å²) in [5.41, 5.74) is 1.96. The third-order valence-electron chi connectivity index (χ3n) is 4.37. The van der Waals surface area contributed by atoms with E-state index >= 15 is 0 Å². The van der Waals surface area contributed by atoms with Crippen molar-refractivity contribution >= 4 is 17.7 Å². The second kappa shape index (κ2) is 10.1. The standard InChI is InChI=1S/C21H24N4O3S/c1-25(2)18(15-7-5-4-6-8-15)13-22-19(26)14-29-21-24-23-20(28-21)16-9-11-17(27-3)12-10-16/h4-12,18H,13-14H2,1-3H3,(H,22,26). The first-order valence-electron chi connectivity index (χ1n) is 9.15. The van der Waals surface area contributed by atoms with Crippen LogP contribution in [-0.2, 0) is 4.79 Å². The quantitative estimate of drug-likeness (QED) is 0.540. The maximum absolute atomic E-state index is 12.3. The summed E-state index contributed by atoms with van der Waals surface area (Å²) in [5.74, 6) is 1.29. The first-order chi connectivity index (χ1) is 14.1. The number of aromatic nitrogens is 2. The van der Waals surface area contributed by atoms with E-state index in [1.165, 1.54) is 11.8 Å². The Balaban J connectivity index is 1.51. The van der Waals surface area contributed by atoms with Crippen LogP contribution >= 0.6 is 11.8 Å². The summed E-state index contributed by atoms with van der Waals surface area (Å²) in [7, 11) is 5.61. The van der Waals surface area contributed by atoms with E-state index in [9.17, 15) is 4.79 Å². The zero-order chi connectivity index (χ0) is 20.6. The molecule has 1 heterocycles. The summed E-state index contributed by atoms with van der Waals surface area (Å²) in [5, 5.41) is 11.4. The number of nitrogens with zero attached hydrogens (tertiary/aromatic N) is 3. The molecule has 0 aliphatic carbocycles. The Morgan fingerprint density at radius 2 is 1.86 bits per heavy atom. The molecule has 0 saturated carbocycles. The maximum atomic E-state index is 12.3. The number of likely N-dealkylation sites (N-methyl/N-ethyl adjacent to an activating group) is 1. The fourth-order valence-electron chi connectivity index (χ4n) is 2.78. The fourth-order valence-corrected chi connectivity index (χ4v) is 3.37. The molecule has 8 heteroatoms. The summed E-state index contributed by atoms with van der Waals surface area (Å²) >= 11 is 1.22. The number of amides is 1. The van der Waals surface area contributed by atoms with Crippen LogP contribution in [0.3, 0.4) is 0 Å². The lowest BCUT2D eigenvalue weighted by Gasteiger charge is -2.25. The van der Waals surface area contributed by atoms with Gasteiger partial charge in [-0.25, -0.2) is 0 Å². The van der Waals surface area contributed by atoms with Gasteiger partial charge in [0, 0.05) is 12.1 Å². The molecule has 29 heavy (non-hydrogen) atoms. The molecular formula is C21H24N4O3S. The highest BCUT2D eigenvalue weighted by Crippen LogP contribution is 2.25. The minimum Gasteiger partial charge on any atom is -0.497 e. The molecule has 0 aliphatic heterocycles. The Hall–Kier alpha value is -2.84. The highest BCUT2D eigenvalue weighted by atomic mass is 32.2. The van der Waals surface area contributed by atoms with Crippen molar-refractivity contribution in [3.05, 3.63) is 60.2 Å². The highest BCUT2D eigenvalue weighted by molar-refractivity contribution is 7.99. The van der Waals surface area contributed by atoms with Gasteiger partial charge in [0.25, 0.3) is 5.22 Å². The van der Waals surface area contributed by atoms with Crippen LogP contribution in [0.2, 0.25) is 0 Å². The van der Waals surface area contributed by atoms with E-state index in [2.05, 4.69) is 32.5 Å². The SMILES string of the molecule is COc1ccc(-c2nnc(SCC(=O)NCC(c3ccccc3)N(C)C)o2)cc1. The molecule has 3 rings (SSSR count). The van der Waals surface area contributed by atoms with Crippen LogP contribution in [0.15, 0.2) is 64.2 Å². The van der Waals surface area contributed by atoms with E-state index in [-0.39, 0.29) is 17.7 Å². The Kier molecular flexibility index (Phi) is 7.26. The maximum Gasteiger partial charge on any atom is 0.277 e. The van der Waals surface area contributed by atoms with Crippen molar-refractivity contribution in [2.45, 2.75) is 11.3 Å². The largest absolute Gasteiger partial charge is 0.497 e. The van der Waals surface area contributed by atoms with E-state index < -0.39 is 0 Å². The summed E-state index contributed by atoms with van der Waals surface area (Å²) < 4.78 is 10.8. The zero-order valence-electron chi connectivity index (χ0n) is 16.7. The topological polar surface area (TPSA) is 80.5 Å². The third kappa shape index (κ3) is 5.82. The van der Waals surface area contributed by atoms with Crippen LogP contribution in [-0.4, -0.2) is 54.5 Å². The minimum absolute atomic E-state index is 0.0815. The second-order valence-corrected chi connectivity index (χ2v) is 7.51. The number of hydrogen-bond acceptors (Lipinski definition) is 7. The van der Waals surface area contributed by atoms with Gasteiger partial charge in [-0.1, -0.05) is 42.1 Å². The minimum atomic E-state index is -0.0815. The van der Waals surface area contributed by atoms with Crippen molar-refractivity contribution in [1.29, 1.82) is 0 Å². The van der Waals surface area contributed by atoms with Crippen molar-refractivity contribution in [3.63, 3.8) is 0 Å². The molecule has 7 nitrogen and oxygen atoms in total. The molecule has 152 valence electrons. The first kappa shape index (κ1) is 20.9. The number of thioether (sulfide) groups is 1. The van der Waals surface area contributed by atoms with Gasteiger partial charge in [0.05, 0.1) is 18.9 Å². The molecule has 1 aromatic heterocycles. The molecule has 0 spiro atoms. The smallest absolute Gasteiger partial charge is 0.277 e. The highest BCUT2D eigenvalue weighted by Gasteiger charge is 2.16. The zero-order valence-corrected chi connectivity index (χ0v) is 17.5. The van der Waals surface area contributed by atoms with Crippen molar-refractivity contribution in [3.8, 4) is 17.2 Å². The summed E-state index contributed by atoms with van der Waals surface area (Å²) in [6.45, 7) is 0.525. The number of carbonyl (C=O) groups is 1. The van der Waals surface area contributed by atoms with E-state index in [0.29, 0.717) is 17.7 Å². The molecule has 0 aliphatic rings. The summed E-state index contributed by atoms with van der Waals surface area (Å²) in [6.07, 6.45) is 0. The van der Waals surface area contributed by atoms with Gasteiger partial charge in [0.1, 0.15) is 5.75 Å². The second-order valence-electron chi connectivity index (χ2n) is 6.58. The molecule has 0 saturated heterocycles. The van der Waals surface area contributed by atoms with Gasteiger partial charge < -0.3 is 19.4 Å². The Bertz CT molecular complexity index is 913. The number of hydrogen-bond donors (Lipinski definition) is 1. The number of benzene rings is 2. The number of rotatable bonds is 9. The third-order valence-corrected chi connectivity index (χ3v) is 5.19. The predicted molar refractivity (Wildman–Crippen MR) is 113 cm³/mol. The number of carbonyl (C=O) groups excluding carboxylic acids is 1. The van der Waals surface area contributed by atoms with Crippen LogP contribution < -0.4 is 10.1 Å². The van der Waals surface area contributed by atoms with Crippen LogP contribution in [0.4, 0.5) is 0 Å². The van der Waals surface area contributed by atoms with E-state index in [0.717, 1.165) is 16.9 Å².